The van der Waals surface area contributed by atoms with Crippen LogP contribution < -0.4 is 11.1 Å². The molecule has 0 radical (unpaired) electrons. The monoisotopic (exact) mass is 364 g/mol. The van der Waals surface area contributed by atoms with Crippen LogP contribution in [0.1, 0.15) is 10.4 Å². The number of rotatable bonds is 6. The summed E-state index contributed by atoms with van der Waals surface area (Å²) in [7, 11) is -4.60. The Balaban J connectivity index is 2.41. The molecular formula is C16H16N2O6S. The van der Waals surface area contributed by atoms with Crippen molar-refractivity contribution in [1.82, 2.24) is 5.32 Å². The van der Waals surface area contributed by atoms with E-state index in [2.05, 4.69) is 5.32 Å². The Labute approximate surface area is 144 Å². The molecule has 0 aliphatic carbocycles. The second kappa shape index (κ2) is 7.32. The standard InChI is InChI=1S/C16H16N2O6S/c17-12-8-4-7-11(10-5-2-1-3-6-10)14(12)15(19)18-13(16(20)21)9-25(22,23)24/h1-8,13H,9,17H2,(H,18,19)(H,20,21)(H,22,23,24)/t13-/m0/s1. The molecule has 0 aliphatic heterocycles. The molecule has 5 N–H and O–H groups in total. The van der Waals surface area contributed by atoms with E-state index in [0.717, 1.165) is 0 Å². The molecule has 2 aromatic carbocycles. The fraction of sp³-hybridized carbons (Fsp3) is 0.125. The molecule has 25 heavy (non-hydrogen) atoms. The molecule has 1 atom stereocenters. The lowest BCUT2D eigenvalue weighted by Gasteiger charge is -2.16. The van der Waals surface area contributed by atoms with Crippen molar-refractivity contribution in [2.75, 3.05) is 11.5 Å². The summed E-state index contributed by atoms with van der Waals surface area (Å²) in [5.74, 6) is -3.60. The Morgan fingerprint density at radius 1 is 1.08 bits per heavy atom. The van der Waals surface area contributed by atoms with Crippen LogP contribution in [0.3, 0.4) is 0 Å². The van der Waals surface area contributed by atoms with E-state index >= 15 is 0 Å². The van der Waals surface area contributed by atoms with Crippen LogP contribution in [0.15, 0.2) is 48.5 Å². The van der Waals surface area contributed by atoms with Gasteiger partial charge in [-0.2, -0.15) is 8.42 Å². The quantitative estimate of drug-likeness (QED) is 0.442. The smallest absolute Gasteiger partial charge is 0.327 e. The highest BCUT2D eigenvalue weighted by Crippen LogP contribution is 2.27. The van der Waals surface area contributed by atoms with Gasteiger partial charge in [0.15, 0.2) is 0 Å². The first-order chi connectivity index (χ1) is 11.7. The molecule has 9 heteroatoms. The SMILES string of the molecule is Nc1cccc(-c2ccccc2)c1C(=O)N[C@@H](CS(=O)(=O)O)C(=O)O. The number of carbonyl (C=O) groups excluding carboxylic acids is 1. The van der Waals surface area contributed by atoms with Crippen LogP contribution >= 0.6 is 0 Å². The highest BCUT2D eigenvalue weighted by atomic mass is 32.2. The molecule has 0 aliphatic rings. The Morgan fingerprint density at radius 2 is 1.72 bits per heavy atom. The first kappa shape index (κ1) is 18.4. The minimum atomic E-state index is -4.60. The van der Waals surface area contributed by atoms with Crippen molar-refractivity contribution in [3.63, 3.8) is 0 Å². The van der Waals surface area contributed by atoms with Gasteiger partial charge in [0.05, 0.1) is 5.56 Å². The highest BCUT2D eigenvalue weighted by Gasteiger charge is 2.27. The van der Waals surface area contributed by atoms with Crippen LogP contribution in [0.25, 0.3) is 11.1 Å². The fourth-order valence-corrected chi connectivity index (χ4v) is 2.94. The van der Waals surface area contributed by atoms with Crippen molar-refractivity contribution in [2.45, 2.75) is 6.04 Å². The molecule has 0 saturated carbocycles. The molecule has 8 nitrogen and oxygen atoms in total. The number of benzene rings is 2. The largest absolute Gasteiger partial charge is 0.480 e. The Morgan fingerprint density at radius 3 is 2.28 bits per heavy atom. The van der Waals surface area contributed by atoms with Crippen molar-refractivity contribution in [3.05, 3.63) is 54.1 Å². The number of nitrogen functional groups attached to an aromatic ring is 1. The number of amides is 1. The van der Waals surface area contributed by atoms with E-state index in [9.17, 15) is 18.0 Å². The molecule has 2 rings (SSSR count). The van der Waals surface area contributed by atoms with Crippen molar-refractivity contribution >= 4 is 27.7 Å². The predicted octanol–water partition coefficient (Wildman–Crippen LogP) is 1.01. The van der Waals surface area contributed by atoms with Gasteiger partial charge < -0.3 is 16.2 Å². The molecule has 0 saturated heterocycles. The molecule has 2 aromatic rings. The minimum absolute atomic E-state index is 0.0234. The number of hydrogen-bond acceptors (Lipinski definition) is 5. The lowest BCUT2D eigenvalue weighted by molar-refractivity contribution is -0.138. The molecule has 0 heterocycles. The van der Waals surface area contributed by atoms with E-state index in [1.165, 1.54) is 6.07 Å². The third-order valence-corrected chi connectivity index (χ3v) is 4.14. The van der Waals surface area contributed by atoms with Crippen LogP contribution in [0.4, 0.5) is 5.69 Å². The molecule has 0 unspecified atom stereocenters. The normalized spacial score (nSPS) is 12.4. The maximum absolute atomic E-state index is 12.5. The van der Waals surface area contributed by atoms with Crippen LogP contribution in [0, 0.1) is 0 Å². The summed E-state index contributed by atoms with van der Waals surface area (Å²) in [6, 6.07) is 11.8. The van der Waals surface area contributed by atoms with Gasteiger partial charge in [0.25, 0.3) is 16.0 Å². The van der Waals surface area contributed by atoms with E-state index in [-0.39, 0.29) is 11.3 Å². The fourth-order valence-electron chi connectivity index (χ4n) is 2.30. The summed E-state index contributed by atoms with van der Waals surface area (Å²) < 4.78 is 30.7. The summed E-state index contributed by atoms with van der Waals surface area (Å²) in [4.78, 5) is 23.7. The van der Waals surface area contributed by atoms with Gasteiger partial charge in [-0.1, -0.05) is 42.5 Å². The molecular weight excluding hydrogens is 348 g/mol. The van der Waals surface area contributed by atoms with E-state index in [4.69, 9.17) is 15.4 Å². The van der Waals surface area contributed by atoms with Gasteiger partial charge in [0.2, 0.25) is 0 Å². The van der Waals surface area contributed by atoms with Gasteiger partial charge in [-0.3, -0.25) is 9.35 Å². The zero-order valence-electron chi connectivity index (χ0n) is 12.9. The van der Waals surface area contributed by atoms with E-state index in [0.29, 0.717) is 11.1 Å². The molecule has 0 spiro atoms. The first-order valence-electron chi connectivity index (χ1n) is 7.12. The molecule has 0 bridgehead atoms. The lowest BCUT2D eigenvalue weighted by atomic mass is 9.97. The zero-order chi connectivity index (χ0) is 18.6. The van der Waals surface area contributed by atoms with Crippen LogP contribution in [0.2, 0.25) is 0 Å². The number of anilines is 1. The summed E-state index contributed by atoms with van der Waals surface area (Å²) in [6.07, 6.45) is 0. The minimum Gasteiger partial charge on any atom is -0.480 e. The zero-order valence-corrected chi connectivity index (χ0v) is 13.7. The summed E-state index contributed by atoms with van der Waals surface area (Å²) in [5, 5.41) is 11.1. The maximum atomic E-state index is 12.5. The van der Waals surface area contributed by atoms with Gasteiger partial charge in [-0.25, -0.2) is 4.79 Å². The van der Waals surface area contributed by atoms with Crippen LogP contribution in [0.5, 0.6) is 0 Å². The van der Waals surface area contributed by atoms with Crippen molar-refractivity contribution in [1.29, 1.82) is 0 Å². The van der Waals surface area contributed by atoms with Crippen molar-refractivity contribution in [2.24, 2.45) is 0 Å². The number of carboxylic acid groups (broad SMARTS) is 1. The van der Waals surface area contributed by atoms with E-state index in [1.807, 2.05) is 0 Å². The molecule has 1 amide bonds. The number of hydrogen-bond donors (Lipinski definition) is 4. The van der Waals surface area contributed by atoms with Gasteiger partial charge in [0, 0.05) is 5.69 Å². The average molecular weight is 364 g/mol. The molecule has 0 fully saturated rings. The van der Waals surface area contributed by atoms with Gasteiger partial charge in [0.1, 0.15) is 11.8 Å². The number of carboxylic acids is 1. The molecule has 0 aromatic heterocycles. The lowest BCUT2D eigenvalue weighted by Crippen LogP contribution is -2.45. The van der Waals surface area contributed by atoms with Crippen molar-refractivity contribution in [3.8, 4) is 11.1 Å². The number of aliphatic carboxylic acids is 1. The third-order valence-electron chi connectivity index (χ3n) is 3.39. The van der Waals surface area contributed by atoms with Gasteiger partial charge in [-0.15, -0.1) is 0 Å². The highest BCUT2D eigenvalue weighted by molar-refractivity contribution is 7.85. The van der Waals surface area contributed by atoms with Gasteiger partial charge in [-0.05, 0) is 17.2 Å². The average Bonchev–Trinajstić information content (AvgIpc) is 2.53. The Kier molecular flexibility index (Phi) is 5.40. The first-order valence-corrected chi connectivity index (χ1v) is 8.72. The molecule has 132 valence electrons. The second-order valence-corrected chi connectivity index (χ2v) is 6.75. The predicted molar refractivity (Wildman–Crippen MR) is 91.6 cm³/mol. The van der Waals surface area contributed by atoms with E-state index < -0.39 is 33.8 Å². The Bertz CT molecular complexity index is 896. The van der Waals surface area contributed by atoms with Crippen LogP contribution in [-0.4, -0.2) is 41.7 Å². The second-order valence-electron chi connectivity index (χ2n) is 5.25. The van der Waals surface area contributed by atoms with Crippen molar-refractivity contribution < 1.29 is 27.7 Å². The van der Waals surface area contributed by atoms with Gasteiger partial charge >= 0.3 is 5.97 Å². The van der Waals surface area contributed by atoms with Crippen LogP contribution in [-0.2, 0) is 14.9 Å². The summed E-state index contributed by atoms with van der Waals surface area (Å²) >= 11 is 0. The van der Waals surface area contributed by atoms with E-state index in [1.54, 1.807) is 42.5 Å². The topological polar surface area (TPSA) is 147 Å². The number of nitrogens with one attached hydrogen (secondary N) is 1. The summed E-state index contributed by atoms with van der Waals surface area (Å²) in [5.41, 5.74) is 7.14. The summed E-state index contributed by atoms with van der Waals surface area (Å²) in [6.45, 7) is 0. The number of carbonyl (C=O) groups is 2. The maximum Gasteiger partial charge on any atom is 0.327 e. The number of nitrogens with two attached hydrogens (primary N) is 1. The Hall–Kier alpha value is -2.91. The third kappa shape index (κ3) is 4.78.